The Hall–Kier alpha value is -2.89. The number of nitrogens with one attached hydrogen (secondary N) is 1. The van der Waals surface area contributed by atoms with Crippen LogP contribution in [0.2, 0.25) is 0 Å². The molecule has 0 aliphatic rings. The van der Waals surface area contributed by atoms with Gasteiger partial charge in [-0.2, -0.15) is 0 Å². The maximum absolute atomic E-state index is 12.2. The van der Waals surface area contributed by atoms with Crippen LogP contribution in [0.3, 0.4) is 0 Å². The van der Waals surface area contributed by atoms with Crippen LogP contribution in [0, 0.1) is 6.92 Å². The molecule has 0 unspecified atom stereocenters. The van der Waals surface area contributed by atoms with Crippen molar-refractivity contribution in [1.82, 2.24) is 20.3 Å². The second kappa shape index (κ2) is 7.12. The van der Waals surface area contributed by atoms with Gasteiger partial charge in [0.2, 0.25) is 0 Å². The number of benzene rings is 2. The van der Waals surface area contributed by atoms with Gasteiger partial charge in [-0.15, -0.1) is 5.10 Å². The summed E-state index contributed by atoms with van der Waals surface area (Å²) in [5.41, 5.74) is 3.36. The number of carbonyl (C=O) groups excluding carboxylic acids is 1. The van der Waals surface area contributed by atoms with Crippen LogP contribution >= 0.6 is 0 Å². The van der Waals surface area contributed by atoms with Crippen LogP contribution in [0.15, 0.2) is 42.5 Å². The van der Waals surface area contributed by atoms with E-state index in [1.54, 1.807) is 16.8 Å². The van der Waals surface area contributed by atoms with Crippen LogP contribution < -0.4 is 10.1 Å². The van der Waals surface area contributed by atoms with Crippen molar-refractivity contribution in [1.29, 1.82) is 0 Å². The first kappa shape index (κ1) is 16.0. The number of hydrogen-bond acceptors (Lipinski definition) is 4. The van der Waals surface area contributed by atoms with Crippen LogP contribution in [-0.2, 0) is 6.54 Å². The molecular formula is C18H20N4O2. The Kier molecular flexibility index (Phi) is 4.74. The number of ether oxygens (including phenoxy) is 1. The van der Waals surface area contributed by atoms with Gasteiger partial charge in [-0.1, -0.05) is 17.3 Å². The van der Waals surface area contributed by atoms with Crippen molar-refractivity contribution < 1.29 is 9.53 Å². The Morgan fingerprint density at radius 2 is 2.12 bits per heavy atom. The number of carbonyl (C=O) groups is 1. The van der Waals surface area contributed by atoms with E-state index in [1.807, 2.05) is 44.2 Å². The summed E-state index contributed by atoms with van der Waals surface area (Å²) in [7, 11) is 0. The summed E-state index contributed by atoms with van der Waals surface area (Å²) in [5.74, 6) is 0.664. The average Bonchev–Trinajstić information content (AvgIpc) is 3.01. The predicted octanol–water partition coefficient (Wildman–Crippen LogP) is 2.57. The average molecular weight is 324 g/mol. The molecule has 2 aromatic carbocycles. The fourth-order valence-electron chi connectivity index (χ4n) is 2.49. The number of nitrogens with zero attached hydrogens (tertiary/aromatic N) is 3. The van der Waals surface area contributed by atoms with Crippen molar-refractivity contribution in [3.8, 4) is 5.75 Å². The van der Waals surface area contributed by atoms with Crippen molar-refractivity contribution in [2.75, 3.05) is 13.2 Å². The first-order valence-corrected chi connectivity index (χ1v) is 7.98. The molecule has 0 saturated heterocycles. The van der Waals surface area contributed by atoms with E-state index in [0.717, 1.165) is 28.9 Å². The van der Waals surface area contributed by atoms with Gasteiger partial charge in [-0.3, -0.25) is 4.79 Å². The smallest absolute Gasteiger partial charge is 0.251 e. The first-order valence-electron chi connectivity index (χ1n) is 7.98. The molecule has 1 N–H and O–H groups in total. The molecule has 6 nitrogen and oxygen atoms in total. The van der Waals surface area contributed by atoms with Crippen molar-refractivity contribution in [3.05, 3.63) is 53.6 Å². The first-order chi connectivity index (χ1) is 11.7. The Bertz CT molecular complexity index is 857. The van der Waals surface area contributed by atoms with Gasteiger partial charge in [0, 0.05) is 12.1 Å². The summed E-state index contributed by atoms with van der Waals surface area (Å²) < 4.78 is 7.42. The van der Waals surface area contributed by atoms with E-state index in [1.165, 1.54) is 0 Å². The third-order valence-electron chi connectivity index (χ3n) is 3.72. The fourth-order valence-corrected chi connectivity index (χ4v) is 2.49. The lowest BCUT2D eigenvalue weighted by atomic mass is 10.2. The molecular weight excluding hydrogens is 304 g/mol. The van der Waals surface area contributed by atoms with Gasteiger partial charge in [0.25, 0.3) is 5.91 Å². The third-order valence-corrected chi connectivity index (χ3v) is 3.72. The lowest BCUT2D eigenvalue weighted by molar-refractivity contribution is 0.0947. The molecule has 0 aliphatic carbocycles. The number of amides is 1. The highest BCUT2D eigenvalue weighted by molar-refractivity contribution is 5.97. The van der Waals surface area contributed by atoms with Crippen molar-refractivity contribution in [3.63, 3.8) is 0 Å². The minimum atomic E-state index is -0.143. The van der Waals surface area contributed by atoms with Crippen LogP contribution in [0.25, 0.3) is 11.0 Å². The number of fused-ring (bicyclic) bond motifs is 1. The molecule has 24 heavy (non-hydrogen) atoms. The maximum atomic E-state index is 12.2. The summed E-state index contributed by atoms with van der Waals surface area (Å²) >= 11 is 0. The number of rotatable bonds is 6. The predicted molar refractivity (Wildman–Crippen MR) is 92.2 cm³/mol. The standard InChI is InChI=1S/C18H20N4O2/c1-3-22-17-8-7-14(12-16(17)20-21-22)18(23)19-9-10-24-15-6-4-5-13(2)11-15/h4-8,11-12H,3,9-10H2,1-2H3,(H,19,23). The van der Waals surface area contributed by atoms with Crippen LogP contribution in [0.5, 0.6) is 5.75 Å². The van der Waals surface area contributed by atoms with E-state index in [9.17, 15) is 4.79 Å². The maximum Gasteiger partial charge on any atom is 0.251 e. The molecule has 0 fully saturated rings. The normalized spacial score (nSPS) is 10.8. The molecule has 3 aromatic rings. The quantitative estimate of drug-likeness (QED) is 0.708. The summed E-state index contributed by atoms with van der Waals surface area (Å²) in [6, 6.07) is 13.2. The SMILES string of the molecule is CCn1nnc2cc(C(=O)NCCOc3cccc(C)c3)ccc21. The highest BCUT2D eigenvalue weighted by Crippen LogP contribution is 2.14. The topological polar surface area (TPSA) is 69.0 Å². The highest BCUT2D eigenvalue weighted by Gasteiger charge is 2.09. The Balaban J connectivity index is 1.55. The molecule has 1 amide bonds. The Labute approximate surface area is 140 Å². The molecule has 1 heterocycles. The molecule has 0 radical (unpaired) electrons. The van der Waals surface area contributed by atoms with E-state index in [-0.39, 0.29) is 5.91 Å². The minimum absolute atomic E-state index is 0.143. The molecule has 1 aromatic heterocycles. The highest BCUT2D eigenvalue weighted by atomic mass is 16.5. The zero-order chi connectivity index (χ0) is 16.9. The third kappa shape index (κ3) is 3.53. The number of aromatic nitrogens is 3. The van der Waals surface area contributed by atoms with E-state index >= 15 is 0 Å². The van der Waals surface area contributed by atoms with E-state index < -0.39 is 0 Å². The van der Waals surface area contributed by atoms with Crippen molar-refractivity contribution in [2.24, 2.45) is 0 Å². The van der Waals surface area contributed by atoms with Gasteiger partial charge in [0.05, 0.1) is 12.1 Å². The van der Waals surface area contributed by atoms with E-state index in [4.69, 9.17) is 4.74 Å². The van der Waals surface area contributed by atoms with Crippen molar-refractivity contribution >= 4 is 16.9 Å². The lowest BCUT2D eigenvalue weighted by Crippen LogP contribution is -2.28. The zero-order valence-corrected chi connectivity index (χ0v) is 13.8. The Morgan fingerprint density at radius 3 is 2.92 bits per heavy atom. The summed E-state index contributed by atoms with van der Waals surface area (Å²) in [6.45, 7) is 5.62. The molecule has 0 saturated carbocycles. The van der Waals surface area contributed by atoms with E-state index in [0.29, 0.717) is 18.7 Å². The molecule has 0 atom stereocenters. The molecule has 0 bridgehead atoms. The van der Waals surface area contributed by atoms with Crippen LogP contribution in [0.4, 0.5) is 0 Å². The van der Waals surface area contributed by atoms with Gasteiger partial charge in [0.15, 0.2) is 0 Å². The van der Waals surface area contributed by atoms with Crippen LogP contribution in [-0.4, -0.2) is 34.1 Å². The molecule has 0 aliphatic heterocycles. The van der Waals surface area contributed by atoms with Gasteiger partial charge in [-0.25, -0.2) is 4.68 Å². The van der Waals surface area contributed by atoms with Gasteiger partial charge in [0.1, 0.15) is 17.9 Å². The monoisotopic (exact) mass is 324 g/mol. The van der Waals surface area contributed by atoms with Gasteiger partial charge >= 0.3 is 0 Å². The molecule has 3 rings (SSSR count). The van der Waals surface area contributed by atoms with Crippen LogP contribution in [0.1, 0.15) is 22.8 Å². The summed E-state index contributed by atoms with van der Waals surface area (Å²) in [6.07, 6.45) is 0. The molecule has 124 valence electrons. The molecule has 6 heteroatoms. The minimum Gasteiger partial charge on any atom is -0.492 e. The summed E-state index contributed by atoms with van der Waals surface area (Å²) in [5, 5.41) is 11.0. The van der Waals surface area contributed by atoms with Gasteiger partial charge < -0.3 is 10.1 Å². The van der Waals surface area contributed by atoms with Crippen molar-refractivity contribution in [2.45, 2.75) is 20.4 Å². The van der Waals surface area contributed by atoms with E-state index in [2.05, 4.69) is 15.6 Å². The number of hydrogen-bond donors (Lipinski definition) is 1. The fraction of sp³-hybridized carbons (Fsp3) is 0.278. The largest absolute Gasteiger partial charge is 0.492 e. The zero-order valence-electron chi connectivity index (χ0n) is 13.8. The second-order valence-corrected chi connectivity index (χ2v) is 5.53. The molecule has 0 spiro atoms. The second-order valence-electron chi connectivity index (χ2n) is 5.53. The van der Waals surface area contributed by atoms with Gasteiger partial charge in [-0.05, 0) is 49.7 Å². The number of aryl methyl sites for hydroxylation is 2. The Morgan fingerprint density at radius 1 is 1.25 bits per heavy atom. The lowest BCUT2D eigenvalue weighted by Gasteiger charge is -2.08. The summed E-state index contributed by atoms with van der Waals surface area (Å²) in [4.78, 5) is 12.2.